The highest BCUT2D eigenvalue weighted by molar-refractivity contribution is 6.30. The number of carbonyl (C=O) groups is 3. The molecule has 192 valence electrons. The molecule has 6 N–H and O–H groups in total. The van der Waals surface area contributed by atoms with Crippen LogP contribution in [-0.2, 0) is 20.8 Å². The van der Waals surface area contributed by atoms with Crippen LogP contribution in [0, 0.1) is 11.8 Å². The van der Waals surface area contributed by atoms with Crippen LogP contribution in [0.4, 0.5) is 0 Å². The molecule has 0 bridgehead atoms. The Hall–Kier alpha value is -3.66. The van der Waals surface area contributed by atoms with E-state index in [1.807, 2.05) is 0 Å². The fraction of sp³-hybridized carbons (Fsp3) is 0.296. The molecule has 1 fully saturated rings. The van der Waals surface area contributed by atoms with Crippen LogP contribution in [0.5, 0.6) is 5.75 Å². The molecule has 0 heterocycles. The monoisotopic (exact) mass is 524 g/mol. The van der Waals surface area contributed by atoms with Gasteiger partial charge in [-0.15, -0.1) is 0 Å². The SMILES string of the molecule is CN(C)[C@@H]1C(=O)C(C(N)=O)=C(O)[C@@]2(O)C(=O)C3=C(O)c4c(O)ccc(-c5ccc(Cl)cc5)c4CC3CC12. The Bertz CT molecular complexity index is 1440. The summed E-state index contributed by atoms with van der Waals surface area (Å²) in [6.07, 6.45) is 0.238. The summed E-state index contributed by atoms with van der Waals surface area (Å²) in [4.78, 5) is 40.5. The minimum absolute atomic E-state index is 0.0292. The Labute approximate surface area is 217 Å². The van der Waals surface area contributed by atoms with Gasteiger partial charge in [0.25, 0.3) is 5.91 Å². The third-order valence-corrected chi connectivity index (χ3v) is 8.01. The van der Waals surface area contributed by atoms with Crippen LogP contribution in [0.1, 0.15) is 17.5 Å². The topological polar surface area (TPSA) is 161 Å². The highest BCUT2D eigenvalue weighted by Gasteiger charge is 2.64. The number of phenols is 1. The number of primary amides is 1. The number of ketones is 2. The zero-order valence-corrected chi connectivity index (χ0v) is 20.8. The van der Waals surface area contributed by atoms with Crippen molar-refractivity contribution in [3.8, 4) is 16.9 Å². The molecule has 0 radical (unpaired) electrons. The molecule has 5 rings (SSSR count). The number of likely N-dealkylation sites (N-methyl/N-ethyl adjacent to an activating group) is 1. The van der Waals surface area contributed by atoms with Gasteiger partial charge in [-0.25, -0.2) is 0 Å². The van der Waals surface area contributed by atoms with Gasteiger partial charge >= 0.3 is 0 Å². The molecule has 0 aromatic heterocycles. The van der Waals surface area contributed by atoms with Crippen molar-refractivity contribution in [3.63, 3.8) is 0 Å². The van der Waals surface area contributed by atoms with E-state index >= 15 is 0 Å². The molecule has 0 saturated heterocycles. The molecular weight excluding hydrogens is 500 g/mol. The Balaban J connectivity index is 1.74. The van der Waals surface area contributed by atoms with Crippen LogP contribution in [0.15, 0.2) is 53.3 Å². The first kappa shape index (κ1) is 25.0. The van der Waals surface area contributed by atoms with Crippen LogP contribution >= 0.6 is 11.6 Å². The summed E-state index contributed by atoms with van der Waals surface area (Å²) in [5.41, 5.74) is 3.79. The molecule has 9 nitrogen and oxygen atoms in total. The maximum Gasteiger partial charge on any atom is 0.255 e. The van der Waals surface area contributed by atoms with Crippen LogP contribution in [-0.4, -0.2) is 68.5 Å². The first-order chi connectivity index (χ1) is 17.4. The molecular formula is C27H25ClN2O7. The number of amides is 1. The molecule has 1 saturated carbocycles. The average Bonchev–Trinajstić information content (AvgIpc) is 2.82. The molecule has 4 atom stereocenters. The van der Waals surface area contributed by atoms with Crippen molar-refractivity contribution >= 4 is 34.8 Å². The summed E-state index contributed by atoms with van der Waals surface area (Å²) < 4.78 is 0. The van der Waals surface area contributed by atoms with E-state index in [1.54, 1.807) is 44.4 Å². The van der Waals surface area contributed by atoms with Gasteiger partial charge in [0.15, 0.2) is 11.4 Å². The number of halogens is 1. The molecule has 2 aromatic rings. The first-order valence-corrected chi connectivity index (χ1v) is 12.0. The maximum atomic E-state index is 13.9. The number of benzene rings is 2. The molecule has 0 aliphatic heterocycles. The molecule has 0 spiro atoms. The molecule has 2 aromatic carbocycles. The van der Waals surface area contributed by atoms with Crippen molar-refractivity contribution in [2.24, 2.45) is 17.6 Å². The van der Waals surface area contributed by atoms with E-state index in [2.05, 4.69) is 0 Å². The van der Waals surface area contributed by atoms with E-state index in [9.17, 15) is 34.8 Å². The third-order valence-electron chi connectivity index (χ3n) is 7.76. The fourth-order valence-electron chi connectivity index (χ4n) is 6.14. The average molecular weight is 525 g/mol. The number of aromatic hydroxyl groups is 1. The number of nitrogens with zero attached hydrogens (tertiary/aromatic N) is 1. The van der Waals surface area contributed by atoms with E-state index < -0.39 is 58.0 Å². The first-order valence-electron chi connectivity index (χ1n) is 11.6. The van der Waals surface area contributed by atoms with Crippen LogP contribution in [0.3, 0.4) is 0 Å². The van der Waals surface area contributed by atoms with E-state index in [0.717, 1.165) is 5.56 Å². The molecule has 2 unspecified atom stereocenters. The van der Waals surface area contributed by atoms with E-state index in [0.29, 0.717) is 16.1 Å². The van der Waals surface area contributed by atoms with Crippen molar-refractivity contribution in [1.82, 2.24) is 4.90 Å². The van der Waals surface area contributed by atoms with Crippen molar-refractivity contribution in [3.05, 3.63) is 69.5 Å². The number of fused-ring (bicyclic) bond motifs is 3. The van der Waals surface area contributed by atoms with Gasteiger partial charge in [-0.05, 0) is 67.7 Å². The molecule has 3 aliphatic carbocycles. The number of carbonyl (C=O) groups excluding carboxylic acids is 3. The second-order valence-electron chi connectivity index (χ2n) is 9.95. The lowest BCUT2D eigenvalue weighted by Gasteiger charge is -2.50. The number of hydrogen-bond acceptors (Lipinski definition) is 8. The number of rotatable bonds is 3. The zero-order chi connectivity index (χ0) is 27.0. The van der Waals surface area contributed by atoms with Gasteiger partial charge in [0.05, 0.1) is 11.6 Å². The standard InChI is InChI=1S/C27H25ClN2O7/c1-30(2)21-16-10-12-9-15-14(11-3-5-13(28)6-4-11)7-8-17(31)19(15)22(32)18(12)24(34)27(16,37)25(35)20(23(21)33)26(29)36/h3-8,12,16,21,31-32,35,37H,9-10H2,1-2H3,(H2,29,36)/t12?,16?,21-,27-/m0/s1. The Morgan fingerprint density at radius 3 is 2.32 bits per heavy atom. The van der Waals surface area contributed by atoms with Gasteiger partial charge in [0.1, 0.15) is 22.8 Å². The molecule has 3 aliphatic rings. The summed E-state index contributed by atoms with van der Waals surface area (Å²) in [6.45, 7) is 0. The fourth-order valence-corrected chi connectivity index (χ4v) is 6.27. The number of hydrogen-bond donors (Lipinski definition) is 5. The zero-order valence-electron chi connectivity index (χ0n) is 20.0. The molecule has 1 amide bonds. The summed E-state index contributed by atoms with van der Waals surface area (Å²) in [6, 6.07) is 9.00. The van der Waals surface area contributed by atoms with E-state index in [4.69, 9.17) is 17.3 Å². The Morgan fingerprint density at radius 2 is 1.73 bits per heavy atom. The molecule has 37 heavy (non-hydrogen) atoms. The lowest BCUT2D eigenvalue weighted by atomic mass is 9.57. The van der Waals surface area contributed by atoms with E-state index in [-0.39, 0.29) is 29.7 Å². The Kier molecular flexibility index (Phi) is 5.71. The summed E-state index contributed by atoms with van der Waals surface area (Å²) in [5.74, 6) is -6.76. The highest BCUT2D eigenvalue weighted by Crippen LogP contribution is 2.53. The largest absolute Gasteiger partial charge is 0.508 e. The second kappa shape index (κ2) is 8.44. The van der Waals surface area contributed by atoms with Crippen molar-refractivity contribution in [2.75, 3.05) is 14.1 Å². The van der Waals surface area contributed by atoms with Gasteiger partial charge in [0.2, 0.25) is 5.78 Å². The summed E-state index contributed by atoms with van der Waals surface area (Å²) in [5, 5.41) is 45.1. The van der Waals surface area contributed by atoms with Gasteiger partial charge in [-0.1, -0.05) is 29.8 Å². The second-order valence-corrected chi connectivity index (χ2v) is 10.4. The number of aliphatic hydroxyl groups is 3. The van der Waals surface area contributed by atoms with Gasteiger partial charge in [-0.3, -0.25) is 19.3 Å². The van der Waals surface area contributed by atoms with Gasteiger partial charge in [0, 0.05) is 16.5 Å². The summed E-state index contributed by atoms with van der Waals surface area (Å²) in [7, 11) is 3.12. The predicted molar refractivity (Wildman–Crippen MR) is 135 cm³/mol. The smallest absolute Gasteiger partial charge is 0.255 e. The number of nitrogens with two attached hydrogens (primary N) is 1. The lowest BCUT2D eigenvalue weighted by molar-refractivity contribution is -0.153. The van der Waals surface area contributed by atoms with Gasteiger partial charge < -0.3 is 26.2 Å². The van der Waals surface area contributed by atoms with Gasteiger partial charge in [-0.2, -0.15) is 0 Å². The normalized spacial score (nSPS) is 27.2. The lowest BCUT2D eigenvalue weighted by Crippen LogP contribution is -2.65. The van der Waals surface area contributed by atoms with Crippen molar-refractivity contribution in [1.29, 1.82) is 0 Å². The van der Waals surface area contributed by atoms with Crippen LogP contribution in [0.2, 0.25) is 5.02 Å². The van der Waals surface area contributed by atoms with Crippen LogP contribution in [0.25, 0.3) is 16.9 Å². The highest BCUT2D eigenvalue weighted by atomic mass is 35.5. The van der Waals surface area contributed by atoms with E-state index in [1.165, 1.54) is 11.0 Å². The van der Waals surface area contributed by atoms with Crippen LogP contribution < -0.4 is 5.73 Å². The maximum absolute atomic E-state index is 13.9. The minimum Gasteiger partial charge on any atom is -0.508 e. The quantitative estimate of drug-likeness (QED) is 0.382. The van der Waals surface area contributed by atoms with Crippen molar-refractivity contribution < 1.29 is 34.8 Å². The number of aliphatic hydroxyl groups excluding tert-OH is 2. The number of phenolic OH excluding ortho intramolecular Hbond substituents is 1. The minimum atomic E-state index is -2.66. The summed E-state index contributed by atoms with van der Waals surface area (Å²) >= 11 is 6.04. The third kappa shape index (κ3) is 3.42. The molecule has 10 heteroatoms. The number of Topliss-reactive ketones (excluding diaryl/α,β-unsaturated/α-hetero) is 2. The Morgan fingerprint density at radius 1 is 1.08 bits per heavy atom. The predicted octanol–water partition coefficient (Wildman–Crippen LogP) is 2.28. The van der Waals surface area contributed by atoms with Crippen molar-refractivity contribution in [2.45, 2.75) is 24.5 Å².